The van der Waals surface area contributed by atoms with Crippen LogP contribution in [0.15, 0.2) is 21.5 Å². The molecule has 0 saturated heterocycles. The maximum atomic E-state index is 13.6. The highest BCUT2D eigenvalue weighted by Gasteiger charge is 2.21. The van der Waals surface area contributed by atoms with Gasteiger partial charge in [0.05, 0.1) is 21.5 Å². The van der Waals surface area contributed by atoms with E-state index in [1.54, 1.807) is 6.92 Å². The van der Waals surface area contributed by atoms with Gasteiger partial charge in [0.2, 0.25) is 10.0 Å². The molecule has 20 heavy (non-hydrogen) atoms. The van der Waals surface area contributed by atoms with Gasteiger partial charge in [0, 0.05) is 7.11 Å². The van der Waals surface area contributed by atoms with Gasteiger partial charge in [-0.3, -0.25) is 0 Å². The van der Waals surface area contributed by atoms with Crippen molar-refractivity contribution in [2.24, 2.45) is 5.14 Å². The van der Waals surface area contributed by atoms with E-state index >= 15 is 0 Å². The quantitative estimate of drug-likeness (QED) is 0.791. The summed E-state index contributed by atoms with van der Waals surface area (Å²) in [6.07, 6.45) is -0.558. The second-order valence-electron chi connectivity index (χ2n) is 3.99. The molecule has 0 heterocycles. The number of primary sulfonamides is 1. The molecule has 0 fully saturated rings. The first-order chi connectivity index (χ1) is 9.16. The lowest BCUT2D eigenvalue weighted by molar-refractivity contribution is 0.0119. The van der Waals surface area contributed by atoms with Gasteiger partial charge in [-0.2, -0.15) is 0 Å². The van der Waals surface area contributed by atoms with E-state index in [0.717, 1.165) is 12.1 Å². The van der Waals surface area contributed by atoms with Crippen LogP contribution in [0.4, 0.5) is 4.39 Å². The molecule has 0 aliphatic carbocycles. The molecule has 0 aliphatic heterocycles. The molecule has 1 aromatic carbocycles. The van der Waals surface area contributed by atoms with Crippen LogP contribution >= 0.6 is 15.9 Å². The fourth-order valence-electron chi connectivity index (χ4n) is 1.41. The van der Waals surface area contributed by atoms with Crippen molar-refractivity contribution in [3.05, 3.63) is 28.0 Å². The fraction of sp³-hybridized carbons (Fsp3) is 0.364. The van der Waals surface area contributed by atoms with Crippen LogP contribution in [0, 0.1) is 5.82 Å². The van der Waals surface area contributed by atoms with E-state index < -0.39 is 32.8 Å². The van der Waals surface area contributed by atoms with Crippen molar-refractivity contribution in [2.45, 2.75) is 17.9 Å². The number of carbonyl (C=O) groups excluding carboxylic acids is 1. The topological polar surface area (TPSA) is 95.7 Å². The third-order valence-corrected chi connectivity index (χ3v) is 4.25. The van der Waals surface area contributed by atoms with Crippen LogP contribution in [0.5, 0.6) is 0 Å². The Labute approximate surface area is 124 Å². The van der Waals surface area contributed by atoms with Crippen LogP contribution in [-0.2, 0) is 19.5 Å². The minimum Gasteiger partial charge on any atom is -0.457 e. The molecule has 112 valence electrons. The van der Waals surface area contributed by atoms with Gasteiger partial charge in [-0.1, -0.05) is 0 Å². The maximum Gasteiger partial charge on any atom is 0.338 e. The summed E-state index contributed by atoms with van der Waals surface area (Å²) in [6.45, 7) is 1.74. The molecule has 0 aromatic heterocycles. The normalized spacial score (nSPS) is 13.1. The van der Waals surface area contributed by atoms with E-state index in [1.807, 2.05) is 0 Å². The lowest BCUT2D eigenvalue weighted by Gasteiger charge is -2.13. The highest BCUT2D eigenvalue weighted by molar-refractivity contribution is 9.10. The lowest BCUT2D eigenvalue weighted by atomic mass is 10.2. The summed E-state index contributed by atoms with van der Waals surface area (Å²) < 4.78 is 45.7. The zero-order chi connectivity index (χ0) is 15.5. The van der Waals surface area contributed by atoms with Gasteiger partial charge in [0.1, 0.15) is 11.9 Å². The standard InChI is InChI=1S/C11H13BrFNO5S/c1-6(5-18-2)19-11(15)7-3-8(13)10(12)9(4-7)20(14,16)17/h3-4,6H,5H2,1-2H3,(H2,14,16,17). The molecule has 9 heteroatoms. The van der Waals surface area contributed by atoms with Crippen LogP contribution in [0.2, 0.25) is 0 Å². The number of esters is 1. The third kappa shape index (κ3) is 4.23. The molecular weight excluding hydrogens is 357 g/mol. The summed E-state index contributed by atoms with van der Waals surface area (Å²) in [5, 5.41) is 4.95. The van der Waals surface area contributed by atoms with Gasteiger partial charge in [0.25, 0.3) is 0 Å². The van der Waals surface area contributed by atoms with E-state index in [4.69, 9.17) is 14.6 Å². The summed E-state index contributed by atoms with van der Waals surface area (Å²) in [4.78, 5) is 11.3. The molecule has 0 bridgehead atoms. The van der Waals surface area contributed by atoms with Crippen molar-refractivity contribution in [1.29, 1.82) is 0 Å². The Morgan fingerprint density at radius 3 is 2.60 bits per heavy atom. The molecule has 1 rings (SSSR count). The lowest BCUT2D eigenvalue weighted by Crippen LogP contribution is -2.21. The highest BCUT2D eigenvalue weighted by Crippen LogP contribution is 2.26. The van der Waals surface area contributed by atoms with Gasteiger partial charge in [-0.25, -0.2) is 22.7 Å². The second kappa shape index (κ2) is 6.61. The van der Waals surface area contributed by atoms with Crippen LogP contribution in [0.25, 0.3) is 0 Å². The van der Waals surface area contributed by atoms with Crippen LogP contribution in [0.1, 0.15) is 17.3 Å². The van der Waals surface area contributed by atoms with E-state index in [0.29, 0.717) is 0 Å². The van der Waals surface area contributed by atoms with E-state index in [-0.39, 0.29) is 16.6 Å². The number of hydrogen-bond donors (Lipinski definition) is 1. The van der Waals surface area contributed by atoms with E-state index in [2.05, 4.69) is 15.9 Å². The van der Waals surface area contributed by atoms with Crippen LogP contribution in [0.3, 0.4) is 0 Å². The van der Waals surface area contributed by atoms with Crippen molar-refractivity contribution in [1.82, 2.24) is 0 Å². The van der Waals surface area contributed by atoms with Crippen molar-refractivity contribution >= 4 is 31.9 Å². The zero-order valence-electron chi connectivity index (χ0n) is 10.7. The Morgan fingerprint density at radius 2 is 2.10 bits per heavy atom. The van der Waals surface area contributed by atoms with Gasteiger partial charge in [-0.05, 0) is 35.0 Å². The first-order valence-corrected chi connectivity index (χ1v) is 7.72. The number of ether oxygens (including phenoxy) is 2. The van der Waals surface area contributed by atoms with Gasteiger partial charge in [-0.15, -0.1) is 0 Å². The second-order valence-corrected chi connectivity index (χ2v) is 6.31. The van der Waals surface area contributed by atoms with E-state index in [9.17, 15) is 17.6 Å². The van der Waals surface area contributed by atoms with Crippen molar-refractivity contribution in [3.8, 4) is 0 Å². The average Bonchev–Trinajstić information content (AvgIpc) is 2.30. The zero-order valence-corrected chi connectivity index (χ0v) is 13.1. The Bertz CT molecular complexity index is 619. The molecule has 6 nitrogen and oxygen atoms in total. The predicted molar refractivity (Wildman–Crippen MR) is 72.2 cm³/mol. The number of halogens is 2. The highest BCUT2D eigenvalue weighted by atomic mass is 79.9. The monoisotopic (exact) mass is 369 g/mol. The number of carbonyl (C=O) groups is 1. The van der Waals surface area contributed by atoms with E-state index in [1.165, 1.54) is 7.11 Å². The van der Waals surface area contributed by atoms with Gasteiger partial charge < -0.3 is 9.47 Å². The third-order valence-electron chi connectivity index (χ3n) is 2.25. The Morgan fingerprint density at radius 1 is 1.50 bits per heavy atom. The molecule has 0 amide bonds. The first-order valence-electron chi connectivity index (χ1n) is 5.38. The van der Waals surface area contributed by atoms with Gasteiger partial charge >= 0.3 is 5.97 Å². The Hall–Kier alpha value is -1.03. The smallest absolute Gasteiger partial charge is 0.338 e. The largest absolute Gasteiger partial charge is 0.457 e. The summed E-state index contributed by atoms with van der Waals surface area (Å²) in [6, 6.07) is 1.81. The SMILES string of the molecule is COCC(C)OC(=O)c1cc(F)c(Br)c(S(N)(=O)=O)c1. The average molecular weight is 370 g/mol. The fourth-order valence-corrected chi connectivity index (χ4v) is 2.95. The molecule has 0 radical (unpaired) electrons. The summed E-state index contributed by atoms with van der Waals surface area (Å²) in [5.41, 5.74) is -0.252. The molecule has 1 atom stereocenters. The molecule has 0 aliphatic rings. The number of hydrogen-bond acceptors (Lipinski definition) is 5. The minimum atomic E-state index is -4.17. The maximum absolute atomic E-state index is 13.6. The van der Waals surface area contributed by atoms with Crippen molar-refractivity contribution in [2.75, 3.05) is 13.7 Å². The summed E-state index contributed by atoms with van der Waals surface area (Å²) in [5.74, 6) is -1.80. The molecule has 2 N–H and O–H groups in total. The minimum absolute atomic E-state index is 0.160. The number of benzene rings is 1. The Balaban J connectivity index is 3.15. The number of rotatable bonds is 5. The molecule has 1 aromatic rings. The van der Waals surface area contributed by atoms with Gasteiger partial charge in [0.15, 0.2) is 0 Å². The number of nitrogens with two attached hydrogens (primary N) is 1. The Kier molecular flexibility index (Phi) is 5.63. The molecule has 0 spiro atoms. The first kappa shape index (κ1) is 17.0. The number of methoxy groups -OCH3 is 1. The van der Waals surface area contributed by atoms with Crippen molar-refractivity contribution in [3.63, 3.8) is 0 Å². The van der Waals surface area contributed by atoms with Crippen LogP contribution < -0.4 is 5.14 Å². The molecular formula is C11H13BrFNO5S. The summed E-state index contributed by atoms with van der Waals surface area (Å²) >= 11 is 2.77. The number of sulfonamides is 1. The van der Waals surface area contributed by atoms with Crippen molar-refractivity contribution < 1.29 is 27.1 Å². The van der Waals surface area contributed by atoms with Crippen LogP contribution in [-0.4, -0.2) is 34.2 Å². The molecule has 0 saturated carbocycles. The predicted octanol–water partition coefficient (Wildman–Crippen LogP) is 1.43. The molecule has 1 unspecified atom stereocenters. The summed E-state index contributed by atoms with van der Waals surface area (Å²) in [7, 11) is -2.74.